The van der Waals surface area contributed by atoms with Gasteiger partial charge in [-0.25, -0.2) is 13.1 Å². The van der Waals surface area contributed by atoms with Crippen molar-refractivity contribution in [2.45, 2.75) is 57.5 Å². The zero-order valence-corrected chi connectivity index (χ0v) is 13.2. The van der Waals surface area contributed by atoms with Gasteiger partial charge in [-0.1, -0.05) is 12.8 Å². The molecule has 1 aliphatic rings. The number of hydrogen-bond donors (Lipinski definition) is 2. The van der Waals surface area contributed by atoms with Crippen molar-refractivity contribution in [2.24, 2.45) is 11.7 Å². The predicted molar refractivity (Wildman–Crippen MR) is 77.9 cm³/mol. The van der Waals surface area contributed by atoms with Gasteiger partial charge in [0.1, 0.15) is 4.90 Å². The van der Waals surface area contributed by atoms with E-state index >= 15 is 0 Å². The minimum Gasteiger partial charge on any atom is -0.329 e. The molecule has 0 amide bonds. The Kier molecular flexibility index (Phi) is 4.51. The van der Waals surface area contributed by atoms with E-state index in [1.54, 1.807) is 18.5 Å². The lowest BCUT2D eigenvalue weighted by Gasteiger charge is -2.14. The number of hydrogen-bond acceptors (Lipinski definition) is 4. The lowest BCUT2D eigenvalue weighted by atomic mass is 10.2. The van der Waals surface area contributed by atoms with Crippen molar-refractivity contribution in [1.29, 1.82) is 0 Å². The summed E-state index contributed by atoms with van der Waals surface area (Å²) in [6.07, 6.45) is 3.35. The average Bonchev–Trinajstić information content (AvgIpc) is 3.05. The smallest absolute Gasteiger partial charge is 0.244 e. The second-order valence-corrected chi connectivity index (χ2v) is 7.36. The van der Waals surface area contributed by atoms with Crippen molar-refractivity contribution < 1.29 is 8.42 Å². The first kappa shape index (κ1) is 15.5. The van der Waals surface area contributed by atoms with Crippen LogP contribution in [0, 0.1) is 19.8 Å². The molecule has 0 aromatic carbocycles. The fourth-order valence-electron chi connectivity index (χ4n) is 2.63. The van der Waals surface area contributed by atoms with Crippen LogP contribution in [0.2, 0.25) is 0 Å². The van der Waals surface area contributed by atoms with Crippen molar-refractivity contribution in [1.82, 2.24) is 14.5 Å². The summed E-state index contributed by atoms with van der Waals surface area (Å²) in [6, 6.07) is -0.0378. The summed E-state index contributed by atoms with van der Waals surface area (Å²) < 4.78 is 29.4. The van der Waals surface area contributed by atoms with Crippen LogP contribution in [0.4, 0.5) is 0 Å². The largest absolute Gasteiger partial charge is 0.329 e. The van der Waals surface area contributed by atoms with E-state index in [-0.39, 0.29) is 6.04 Å². The molecule has 6 nitrogen and oxygen atoms in total. The Labute approximate surface area is 120 Å². The molecule has 1 aromatic heterocycles. The fraction of sp³-hybridized carbons (Fsp3) is 0.769. The maximum absolute atomic E-state index is 12.5. The number of aromatic nitrogens is 2. The second-order valence-electron chi connectivity index (χ2n) is 5.71. The molecule has 1 fully saturated rings. The predicted octanol–water partition coefficient (Wildman–Crippen LogP) is 0.926. The van der Waals surface area contributed by atoms with Crippen molar-refractivity contribution >= 4 is 10.0 Å². The number of nitrogens with one attached hydrogen (secondary N) is 1. The third kappa shape index (κ3) is 3.39. The van der Waals surface area contributed by atoms with Gasteiger partial charge in [0.25, 0.3) is 0 Å². The molecule has 1 saturated carbocycles. The first-order chi connectivity index (χ1) is 9.35. The minimum atomic E-state index is -3.51. The molecule has 2 rings (SSSR count). The maximum atomic E-state index is 12.5. The van der Waals surface area contributed by atoms with Crippen LogP contribution in [0.1, 0.15) is 37.6 Å². The van der Waals surface area contributed by atoms with E-state index in [1.165, 1.54) is 12.8 Å². The highest BCUT2D eigenvalue weighted by atomic mass is 32.2. The van der Waals surface area contributed by atoms with Crippen LogP contribution < -0.4 is 10.5 Å². The molecule has 3 N–H and O–H groups in total. The van der Waals surface area contributed by atoms with Crippen LogP contribution in [0.5, 0.6) is 0 Å². The number of nitrogens with two attached hydrogens (primary N) is 1. The summed E-state index contributed by atoms with van der Waals surface area (Å²) in [4.78, 5) is 0.300. The molecular weight excluding hydrogens is 276 g/mol. The summed E-state index contributed by atoms with van der Waals surface area (Å²) in [5.74, 6) is 0.690. The van der Waals surface area contributed by atoms with Crippen molar-refractivity contribution in [3.63, 3.8) is 0 Å². The van der Waals surface area contributed by atoms with Gasteiger partial charge in [-0.2, -0.15) is 5.10 Å². The molecule has 0 spiro atoms. The highest BCUT2D eigenvalue weighted by Crippen LogP contribution is 2.33. The molecule has 0 saturated heterocycles. The molecule has 1 atom stereocenters. The normalized spacial score (nSPS) is 17.4. The Bertz CT molecular complexity index is 575. The van der Waals surface area contributed by atoms with Gasteiger partial charge in [0.2, 0.25) is 10.0 Å². The summed E-state index contributed by atoms with van der Waals surface area (Å²) in [7, 11) is -3.51. The molecule has 1 aromatic rings. The number of rotatable bonds is 7. The third-order valence-corrected chi connectivity index (χ3v) is 5.51. The molecule has 0 aliphatic heterocycles. The number of nitrogens with zero attached hydrogens (tertiary/aromatic N) is 2. The van der Waals surface area contributed by atoms with Crippen LogP contribution in [-0.2, 0) is 16.6 Å². The quantitative estimate of drug-likeness (QED) is 0.783. The summed E-state index contributed by atoms with van der Waals surface area (Å²) in [5, 5.41) is 4.26. The molecule has 114 valence electrons. The number of sulfonamides is 1. The zero-order valence-electron chi connectivity index (χ0n) is 12.4. The average molecular weight is 300 g/mol. The number of aryl methyl sites for hydroxylation is 1. The Morgan fingerprint density at radius 1 is 1.45 bits per heavy atom. The van der Waals surface area contributed by atoms with Crippen LogP contribution in [-0.4, -0.2) is 30.8 Å². The van der Waals surface area contributed by atoms with Crippen LogP contribution in [0.25, 0.3) is 0 Å². The van der Waals surface area contributed by atoms with E-state index in [9.17, 15) is 8.42 Å². The molecular formula is C13H24N4O2S. The highest BCUT2D eigenvalue weighted by Gasteiger charge is 2.29. The fourth-order valence-corrected chi connectivity index (χ4v) is 4.30. The van der Waals surface area contributed by atoms with Gasteiger partial charge in [0.15, 0.2) is 0 Å². The van der Waals surface area contributed by atoms with Gasteiger partial charge in [-0.05, 0) is 33.1 Å². The van der Waals surface area contributed by atoms with Gasteiger partial charge in [0, 0.05) is 12.6 Å². The molecule has 1 aliphatic carbocycles. The van der Waals surface area contributed by atoms with E-state index < -0.39 is 10.0 Å². The summed E-state index contributed by atoms with van der Waals surface area (Å²) in [5.41, 5.74) is 6.70. The molecule has 20 heavy (non-hydrogen) atoms. The van der Waals surface area contributed by atoms with Crippen LogP contribution >= 0.6 is 0 Å². The summed E-state index contributed by atoms with van der Waals surface area (Å²) >= 11 is 0. The van der Waals surface area contributed by atoms with E-state index in [4.69, 9.17) is 5.73 Å². The van der Waals surface area contributed by atoms with Crippen LogP contribution in [0.3, 0.4) is 0 Å². The lowest BCUT2D eigenvalue weighted by Crippen LogP contribution is -2.33. The molecule has 0 bridgehead atoms. The monoisotopic (exact) mass is 300 g/mol. The van der Waals surface area contributed by atoms with Crippen molar-refractivity contribution in [3.05, 3.63) is 11.4 Å². The third-order valence-electron chi connectivity index (χ3n) is 3.66. The first-order valence-corrected chi connectivity index (χ1v) is 8.60. The Morgan fingerprint density at radius 2 is 2.10 bits per heavy atom. The van der Waals surface area contributed by atoms with Gasteiger partial charge in [-0.3, -0.25) is 4.68 Å². The SMILES string of the molecule is Cc1nn(CCN)c(C)c1S(=O)(=O)NC(C)CC1CC1. The van der Waals surface area contributed by atoms with Gasteiger partial charge in [-0.15, -0.1) is 0 Å². The lowest BCUT2D eigenvalue weighted by molar-refractivity contribution is 0.528. The standard InChI is InChI=1S/C13H24N4O2S/c1-9(8-12-4-5-12)16-20(18,19)13-10(2)15-17(7-6-14)11(13)3/h9,12,16H,4-8,14H2,1-3H3. The van der Waals surface area contributed by atoms with Gasteiger partial charge >= 0.3 is 0 Å². The molecule has 1 unspecified atom stereocenters. The Morgan fingerprint density at radius 3 is 2.65 bits per heavy atom. The molecule has 1 heterocycles. The van der Waals surface area contributed by atoms with Gasteiger partial charge < -0.3 is 5.73 Å². The maximum Gasteiger partial charge on any atom is 0.244 e. The Hall–Kier alpha value is -0.920. The van der Waals surface area contributed by atoms with Crippen molar-refractivity contribution in [2.75, 3.05) is 6.54 Å². The highest BCUT2D eigenvalue weighted by molar-refractivity contribution is 7.89. The first-order valence-electron chi connectivity index (χ1n) is 7.11. The van der Waals surface area contributed by atoms with E-state index in [1.807, 2.05) is 6.92 Å². The molecule has 7 heteroatoms. The Balaban J connectivity index is 2.19. The minimum absolute atomic E-state index is 0.0378. The second kappa shape index (κ2) is 5.83. The molecule has 0 radical (unpaired) electrons. The van der Waals surface area contributed by atoms with Gasteiger partial charge in [0.05, 0.1) is 17.9 Å². The summed E-state index contributed by atoms with van der Waals surface area (Å²) in [6.45, 7) is 6.38. The van der Waals surface area contributed by atoms with E-state index in [0.29, 0.717) is 35.3 Å². The topological polar surface area (TPSA) is 90.0 Å². The van der Waals surface area contributed by atoms with Crippen molar-refractivity contribution in [3.8, 4) is 0 Å². The van der Waals surface area contributed by atoms with E-state index in [2.05, 4.69) is 9.82 Å². The van der Waals surface area contributed by atoms with Crippen LogP contribution in [0.15, 0.2) is 4.90 Å². The van der Waals surface area contributed by atoms with E-state index in [0.717, 1.165) is 6.42 Å². The zero-order chi connectivity index (χ0) is 14.9.